The largest absolute Gasteiger partial charge is 0.388 e. The third kappa shape index (κ3) is 5.55. The molecule has 7 nitrogen and oxygen atoms in total. The van der Waals surface area contributed by atoms with Crippen LogP contribution in [0.25, 0.3) is 0 Å². The average molecular weight is 409 g/mol. The van der Waals surface area contributed by atoms with E-state index in [2.05, 4.69) is 10.6 Å². The van der Waals surface area contributed by atoms with Crippen LogP contribution in [0.5, 0.6) is 0 Å². The molecule has 0 bridgehead atoms. The normalized spacial score (nSPS) is 39.0. The van der Waals surface area contributed by atoms with E-state index >= 15 is 0 Å². The third-order valence-electron chi connectivity index (χ3n) is 5.56. The van der Waals surface area contributed by atoms with E-state index in [0.29, 0.717) is 25.8 Å². The Bertz CT molecular complexity index is 485. The number of nitrogens with one attached hydrogen (secondary N) is 2. The van der Waals surface area contributed by atoms with Crippen molar-refractivity contribution >= 4 is 17.7 Å². The van der Waals surface area contributed by atoms with Gasteiger partial charge in [-0.1, -0.05) is 13.8 Å². The van der Waals surface area contributed by atoms with Gasteiger partial charge in [-0.2, -0.15) is 0 Å². The van der Waals surface area contributed by atoms with Gasteiger partial charge in [-0.25, -0.2) is 0 Å². The number of rotatable bonds is 6. The van der Waals surface area contributed by atoms with Gasteiger partial charge in [0.25, 0.3) is 0 Å². The van der Waals surface area contributed by atoms with Gasteiger partial charge in [0.05, 0.1) is 18.8 Å². The van der Waals surface area contributed by atoms with Gasteiger partial charge >= 0.3 is 0 Å². The van der Waals surface area contributed by atoms with Crippen LogP contribution in [0.4, 0.5) is 4.39 Å². The van der Waals surface area contributed by atoms with E-state index in [1.807, 2.05) is 13.8 Å². The van der Waals surface area contributed by atoms with Crippen molar-refractivity contribution in [2.45, 2.75) is 75.0 Å². The topological polar surface area (TPSA) is 111 Å². The molecule has 0 aliphatic carbocycles. The first kappa shape index (κ1) is 22.8. The summed E-state index contributed by atoms with van der Waals surface area (Å²) >= 11 is 1.24. The van der Waals surface area contributed by atoms with E-state index in [0.717, 1.165) is 0 Å². The first-order valence-electron chi connectivity index (χ1n) is 9.62. The van der Waals surface area contributed by atoms with Crippen LogP contribution < -0.4 is 10.6 Å². The Balaban J connectivity index is 2.07. The molecule has 0 aromatic rings. The van der Waals surface area contributed by atoms with Gasteiger partial charge in [-0.15, -0.1) is 11.8 Å². The molecule has 158 valence electrons. The molecule has 27 heavy (non-hydrogen) atoms. The Labute approximate surface area is 164 Å². The van der Waals surface area contributed by atoms with Gasteiger partial charge in [0.1, 0.15) is 29.9 Å². The molecule has 0 aromatic heterocycles. The fourth-order valence-corrected chi connectivity index (χ4v) is 4.43. The van der Waals surface area contributed by atoms with Gasteiger partial charge in [0, 0.05) is 0 Å². The van der Waals surface area contributed by atoms with Crippen molar-refractivity contribution < 1.29 is 29.2 Å². The number of hydrogen-bond donors (Lipinski definition) is 5. The molecule has 5 N–H and O–H groups in total. The summed E-state index contributed by atoms with van der Waals surface area (Å²) in [6.45, 7) is 4.00. The number of ether oxygens (including phenoxy) is 1. The van der Waals surface area contributed by atoms with Crippen LogP contribution in [0.2, 0.25) is 0 Å². The Morgan fingerprint density at radius 3 is 2.52 bits per heavy atom. The first-order valence-corrected chi connectivity index (χ1v) is 10.9. The molecule has 0 saturated carbocycles. The van der Waals surface area contributed by atoms with Crippen LogP contribution >= 0.6 is 11.8 Å². The summed E-state index contributed by atoms with van der Waals surface area (Å²) in [6, 6.07) is -0.957. The second-order valence-corrected chi connectivity index (χ2v) is 8.78. The van der Waals surface area contributed by atoms with Crippen LogP contribution in [0.1, 0.15) is 33.1 Å². The molecular weight excluding hydrogens is 375 g/mol. The number of alkyl halides is 1. The number of thioether (sulfide) groups is 1. The van der Waals surface area contributed by atoms with Gasteiger partial charge in [-0.3, -0.25) is 9.18 Å². The summed E-state index contributed by atoms with van der Waals surface area (Å²) in [5, 5.41) is 36.7. The average Bonchev–Trinajstić information content (AvgIpc) is 2.90. The van der Waals surface area contributed by atoms with Gasteiger partial charge in [0.2, 0.25) is 5.91 Å². The van der Waals surface area contributed by atoms with E-state index in [4.69, 9.17) is 4.74 Å². The maximum atomic E-state index is 12.9. The minimum Gasteiger partial charge on any atom is -0.388 e. The predicted octanol–water partition coefficient (Wildman–Crippen LogP) is 0.0256. The standard InChI is InChI=1S/C18H33FN2O5S/c1-9(2)12(16-14(23)13(22)15(24)18(26-16)27-3)21-17(25)11-5-4-10(8-19)6-7-20-11/h9-16,18,20,22-24H,4-8H2,1-3H3,(H,21,25). The maximum Gasteiger partial charge on any atom is 0.237 e. The zero-order valence-corrected chi connectivity index (χ0v) is 17.0. The highest BCUT2D eigenvalue weighted by atomic mass is 32.2. The molecule has 2 aliphatic rings. The minimum absolute atomic E-state index is 0.0151. The summed E-state index contributed by atoms with van der Waals surface area (Å²) in [6.07, 6.45) is -1.04. The van der Waals surface area contributed by atoms with Gasteiger partial charge < -0.3 is 30.7 Å². The summed E-state index contributed by atoms with van der Waals surface area (Å²) in [5.74, 6) is -0.299. The molecule has 2 rings (SSSR count). The number of amides is 1. The van der Waals surface area contributed by atoms with E-state index < -0.39 is 41.9 Å². The maximum absolute atomic E-state index is 12.9. The summed E-state index contributed by atoms with van der Waals surface area (Å²) in [7, 11) is 0. The van der Waals surface area contributed by atoms with Crippen LogP contribution in [0.3, 0.4) is 0 Å². The van der Waals surface area contributed by atoms with Crippen molar-refractivity contribution in [1.29, 1.82) is 0 Å². The van der Waals surface area contributed by atoms with E-state index in [9.17, 15) is 24.5 Å². The summed E-state index contributed by atoms with van der Waals surface area (Å²) < 4.78 is 18.7. The summed E-state index contributed by atoms with van der Waals surface area (Å²) in [4.78, 5) is 12.8. The predicted molar refractivity (Wildman–Crippen MR) is 102 cm³/mol. The van der Waals surface area contributed by atoms with E-state index in [1.165, 1.54) is 11.8 Å². The second-order valence-electron chi connectivity index (χ2n) is 7.85. The highest BCUT2D eigenvalue weighted by Gasteiger charge is 2.47. The fourth-order valence-electron chi connectivity index (χ4n) is 3.75. The number of aliphatic hydroxyl groups is 3. The fraction of sp³-hybridized carbons (Fsp3) is 0.944. The van der Waals surface area contributed by atoms with Crippen molar-refractivity contribution in [2.75, 3.05) is 19.5 Å². The number of carbonyl (C=O) groups excluding carboxylic acids is 1. The SMILES string of the molecule is CSC1OC(C(NC(=O)C2CCC(CF)CCN2)C(C)C)C(O)C(O)C1O. The third-order valence-corrected chi connectivity index (χ3v) is 6.42. The first-order chi connectivity index (χ1) is 12.8. The van der Waals surface area contributed by atoms with Gasteiger partial charge in [-0.05, 0) is 43.9 Å². The highest BCUT2D eigenvalue weighted by Crippen LogP contribution is 2.30. The van der Waals surface area contributed by atoms with E-state index in [-0.39, 0.29) is 24.4 Å². The Morgan fingerprint density at radius 1 is 1.22 bits per heavy atom. The Morgan fingerprint density at radius 2 is 1.93 bits per heavy atom. The number of hydrogen-bond acceptors (Lipinski definition) is 7. The van der Waals surface area contributed by atoms with E-state index in [1.54, 1.807) is 6.26 Å². The Hall–Kier alpha value is -0.450. The van der Waals surface area contributed by atoms with Crippen LogP contribution in [0.15, 0.2) is 0 Å². The van der Waals surface area contributed by atoms with Crippen molar-refractivity contribution in [2.24, 2.45) is 11.8 Å². The van der Waals surface area contributed by atoms with Crippen LogP contribution in [-0.4, -0.2) is 82.6 Å². The van der Waals surface area contributed by atoms with Crippen molar-refractivity contribution in [3.8, 4) is 0 Å². The zero-order chi connectivity index (χ0) is 20.1. The molecule has 0 radical (unpaired) electrons. The molecule has 9 heteroatoms. The zero-order valence-electron chi connectivity index (χ0n) is 16.2. The molecule has 8 unspecified atom stereocenters. The Kier molecular flexibility index (Phi) is 8.76. The lowest BCUT2D eigenvalue weighted by molar-refractivity contribution is -0.208. The van der Waals surface area contributed by atoms with Crippen molar-refractivity contribution in [1.82, 2.24) is 10.6 Å². The number of carbonyl (C=O) groups is 1. The molecule has 0 spiro atoms. The molecule has 2 heterocycles. The lowest BCUT2D eigenvalue weighted by atomic mass is 9.88. The van der Waals surface area contributed by atoms with Gasteiger partial charge in [0.15, 0.2) is 0 Å². The minimum atomic E-state index is -1.35. The molecule has 2 saturated heterocycles. The highest BCUT2D eigenvalue weighted by molar-refractivity contribution is 7.99. The lowest BCUT2D eigenvalue weighted by Crippen LogP contribution is -2.64. The smallest absolute Gasteiger partial charge is 0.237 e. The van der Waals surface area contributed by atoms with Crippen molar-refractivity contribution in [3.63, 3.8) is 0 Å². The number of aliphatic hydroxyl groups excluding tert-OH is 3. The molecule has 2 aliphatic heterocycles. The quantitative estimate of drug-likeness (QED) is 0.422. The molecule has 0 aromatic carbocycles. The van der Waals surface area contributed by atoms with Crippen LogP contribution in [0, 0.1) is 11.8 Å². The molecular formula is C18H33FN2O5S. The molecule has 2 fully saturated rings. The second kappa shape index (κ2) is 10.4. The number of halogens is 1. The monoisotopic (exact) mass is 408 g/mol. The molecule has 8 atom stereocenters. The summed E-state index contributed by atoms with van der Waals surface area (Å²) in [5.41, 5.74) is -0.687. The van der Waals surface area contributed by atoms with Crippen molar-refractivity contribution in [3.05, 3.63) is 0 Å². The lowest BCUT2D eigenvalue weighted by Gasteiger charge is -2.44. The van der Waals surface area contributed by atoms with Crippen LogP contribution in [-0.2, 0) is 9.53 Å². The molecule has 1 amide bonds.